The van der Waals surface area contributed by atoms with E-state index in [1.165, 1.54) is 11.8 Å². The van der Waals surface area contributed by atoms with Crippen molar-refractivity contribution < 1.29 is 9.59 Å². The highest BCUT2D eigenvalue weighted by atomic mass is 32.2. The molecule has 8 heteroatoms. The van der Waals surface area contributed by atoms with Crippen molar-refractivity contribution in [1.29, 1.82) is 0 Å². The monoisotopic (exact) mass is 477 g/mol. The van der Waals surface area contributed by atoms with E-state index in [0.29, 0.717) is 23.8 Å². The summed E-state index contributed by atoms with van der Waals surface area (Å²) in [7, 11) is 0. The summed E-state index contributed by atoms with van der Waals surface area (Å²) < 4.78 is 2.03. The second kappa shape index (κ2) is 10.4. The number of benzene rings is 2. The van der Waals surface area contributed by atoms with Crippen LogP contribution in [0, 0.1) is 20.8 Å². The Hall–Kier alpha value is -3.13. The van der Waals surface area contributed by atoms with E-state index in [4.69, 9.17) is 0 Å². The van der Waals surface area contributed by atoms with Gasteiger partial charge in [0.2, 0.25) is 5.91 Å². The topological polar surface area (TPSA) is 80.1 Å². The van der Waals surface area contributed by atoms with Gasteiger partial charge < -0.3 is 14.8 Å². The number of carbonyl (C=O) groups excluding carboxylic acids is 2. The Morgan fingerprint density at radius 2 is 1.88 bits per heavy atom. The fourth-order valence-electron chi connectivity index (χ4n) is 4.44. The summed E-state index contributed by atoms with van der Waals surface area (Å²) in [6, 6.07) is 13.6. The molecule has 1 saturated heterocycles. The van der Waals surface area contributed by atoms with Crippen LogP contribution in [0.5, 0.6) is 0 Å². The first-order chi connectivity index (χ1) is 16.4. The number of aromatic nitrogens is 3. The molecule has 1 unspecified atom stereocenters. The van der Waals surface area contributed by atoms with Crippen LogP contribution in [0.15, 0.2) is 47.6 Å². The van der Waals surface area contributed by atoms with E-state index in [1.807, 2.05) is 79.6 Å². The second-order valence-electron chi connectivity index (χ2n) is 8.77. The molecule has 7 nitrogen and oxygen atoms in total. The number of anilines is 1. The van der Waals surface area contributed by atoms with Gasteiger partial charge in [-0.25, -0.2) is 0 Å². The van der Waals surface area contributed by atoms with Crippen molar-refractivity contribution in [3.8, 4) is 0 Å². The van der Waals surface area contributed by atoms with Gasteiger partial charge in [-0.2, -0.15) is 0 Å². The van der Waals surface area contributed by atoms with Crippen molar-refractivity contribution in [3.63, 3.8) is 0 Å². The van der Waals surface area contributed by atoms with Gasteiger partial charge in [-0.05, 0) is 64.3 Å². The lowest BCUT2D eigenvalue weighted by Gasteiger charge is -2.24. The van der Waals surface area contributed by atoms with Crippen LogP contribution in [-0.4, -0.2) is 43.8 Å². The van der Waals surface area contributed by atoms with Crippen LogP contribution < -0.4 is 5.32 Å². The van der Waals surface area contributed by atoms with E-state index in [0.717, 1.165) is 41.0 Å². The number of thioether (sulfide) groups is 1. The lowest BCUT2D eigenvalue weighted by molar-refractivity contribution is -0.113. The molecule has 0 radical (unpaired) electrons. The number of nitrogens with zero attached hydrogens (tertiary/aromatic N) is 4. The molecule has 2 heterocycles. The van der Waals surface area contributed by atoms with Gasteiger partial charge in [-0.1, -0.05) is 47.2 Å². The Kier molecular flexibility index (Phi) is 7.36. The molecule has 1 atom stereocenters. The third-order valence-electron chi connectivity index (χ3n) is 6.13. The Balaban J connectivity index is 1.46. The number of hydrogen-bond acceptors (Lipinski definition) is 5. The van der Waals surface area contributed by atoms with Crippen LogP contribution >= 0.6 is 11.8 Å². The van der Waals surface area contributed by atoms with E-state index >= 15 is 0 Å². The quantitative estimate of drug-likeness (QED) is 0.488. The maximum atomic E-state index is 13.2. The van der Waals surface area contributed by atoms with Gasteiger partial charge in [0.1, 0.15) is 0 Å². The van der Waals surface area contributed by atoms with Crippen molar-refractivity contribution in [2.24, 2.45) is 0 Å². The fourth-order valence-corrected chi connectivity index (χ4v) is 5.25. The van der Waals surface area contributed by atoms with Gasteiger partial charge in [-0.15, -0.1) is 10.2 Å². The van der Waals surface area contributed by atoms with E-state index in [2.05, 4.69) is 15.5 Å². The van der Waals surface area contributed by atoms with Crippen molar-refractivity contribution >= 4 is 29.3 Å². The minimum absolute atomic E-state index is 0.0268. The number of amides is 2. The number of carbonyl (C=O) groups is 2. The van der Waals surface area contributed by atoms with Gasteiger partial charge in [0.05, 0.1) is 11.8 Å². The molecule has 2 aromatic carbocycles. The molecule has 0 bridgehead atoms. The van der Waals surface area contributed by atoms with Crippen LogP contribution in [-0.2, 0) is 11.3 Å². The molecule has 34 heavy (non-hydrogen) atoms. The van der Waals surface area contributed by atoms with Crippen LogP contribution in [0.1, 0.15) is 58.7 Å². The average Bonchev–Trinajstić information content (AvgIpc) is 3.45. The lowest BCUT2D eigenvalue weighted by Crippen LogP contribution is -2.32. The summed E-state index contributed by atoms with van der Waals surface area (Å²) in [4.78, 5) is 27.7. The first-order valence-electron chi connectivity index (χ1n) is 11.7. The summed E-state index contributed by atoms with van der Waals surface area (Å²) in [5, 5.41) is 12.5. The molecule has 1 fully saturated rings. The van der Waals surface area contributed by atoms with E-state index in [9.17, 15) is 9.59 Å². The van der Waals surface area contributed by atoms with Crippen LogP contribution in [0.2, 0.25) is 0 Å². The molecular weight excluding hydrogens is 446 g/mol. The van der Waals surface area contributed by atoms with Crippen molar-refractivity contribution in [3.05, 3.63) is 70.5 Å². The highest BCUT2D eigenvalue weighted by molar-refractivity contribution is 7.99. The summed E-state index contributed by atoms with van der Waals surface area (Å²) in [6.07, 6.45) is 1.78. The Morgan fingerprint density at radius 1 is 1.09 bits per heavy atom. The first kappa shape index (κ1) is 24.0. The standard InChI is InChI=1S/C26H31N5O2S/c1-5-30-24(22-10-7-13-31(22)25(33)20-9-6-8-17(2)15-20)28-29-26(30)34-16-23(32)27-21-12-11-18(3)14-19(21)4/h6,8-9,11-12,14-15,22H,5,7,10,13,16H2,1-4H3,(H,27,32). The van der Waals surface area contributed by atoms with E-state index in [-0.39, 0.29) is 23.6 Å². The maximum absolute atomic E-state index is 13.2. The smallest absolute Gasteiger partial charge is 0.254 e. The van der Waals surface area contributed by atoms with E-state index in [1.54, 1.807) is 0 Å². The number of nitrogens with one attached hydrogen (secondary N) is 1. The van der Waals surface area contributed by atoms with E-state index < -0.39 is 0 Å². The minimum atomic E-state index is -0.112. The molecular formula is C26H31N5O2S. The van der Waals surface area contributed by atoms with Gasteiger partial charge in [0.25, 0.3) is 5.91 Å². The molecule has 0 saturated carbocycles. The minimum Gasteiger partial charge on any atom is -0.328 e. The zero-order valence-electron chi connectivity index (χ0n) is 20.2. The normalized spacial score (nSPS) is 15.5. The molecule has 3 aromatic rings. The molecule has 1 N–H and O–H groups in total. The van der Waals surface area contributed by atoms with Gasteiger partial charge in [0, 0.05) is 24.3 Å². The van der Waals surface area contributed by atoms with Gasteiger partial charge in [0.15, 0.2) is 11.0 Å². The zero-order valence-corrected chi connectivity index (χ0v) is 21.0. The van der Waals surface area contributed by atoms with Crippen LogP contribution in [0.3, 0.4) is 0 Å². The maximum Gasteiger partial charge on any atom is 0.254 e. The van der Waals surface area contributed by atoms with Crippen molar-refractivity contribution in [2.75, 3.05) is 17.6 Å². The third-order valence-corrected chi connectivity index (χ3v) is 7.09. The average molecular weight is 478 g/mol. The molecule has 1 aliphatic rings. The van der Waals surface area contributed by atoms with Gasteiger partial charge in [-0.3, -0.25) is 9.59 Å². The number of hydrogen-bond donors (Lipinski definition) is 1. The molecule has 0 spiro atoms. The molecule has 4 rings (SSSR count). The van der Waals surface area contributed by atoms with Crippen molar-refractivity contribution in [2.45, 2.75) is 58.3 Å². The summed E-state index contributed by atoms with van der Waals surface area (Å²) in [5.41, 5.74) is 4.79. The number of rotatable bonds is 7. The third kappa shape index (κ3) is 5.17. The molecule has 1 aromatic heterocycles. The molecule has 1 aliphatic heterocycles. The zero-order chi connectivity index (χ0) is 24.2. The first-order valence-corrected chi connectivity index (χ1v) is 12.7. The summed E-state index contributed by atoms with van der Waals surface area (Å²) in [6.45, 7) is 9.42. The molecule has 2 amide bonds. The second-order valence-corrected chi connectivity index (χ2v) is 9.71. The summed E-state index contributed by atoms with van der Waals surface area (Å²) >= 11 is 1.37. The van der Waals surface area contributed by atoms with Crippen molar-refractivity contribution in [1.82, 2.24) is 19.7 Å². The predicted octanol–water partition coefficient (Wildman–Crippen LogP) is 4.93. The Labute approximate surface area is 205 Å². The fraction of sp³-hybridized carbons (Fsp3) is 0.385. The Morgan fingerprint density at radius 3 is 2.62 bits per heavy atom. The van der Waals surface area contributed by atoms with Gasteiger partial charge >= 0.3 is 0 Å². The summed E-state index contributed by atoms with van der Waals surface area (Å²) in [5.74, 6) is 0.973. The van der Waals surface area contributed by atoms with Crippen LogP contribution in [0.25, 0.3) is 0 Å². The SMILES string of the molecule is CCn1c(SCC(=O)Nc2ccc(C)cc2C)nnc1C1CCCN1C(=O)c1cccc(C)c1. The highest BCUT2D eigenvalue weighted by Gasteiger charge is 2.34. The lowest BCUT2D eigenvalue weighted by atomic mass is 10.1. The highest BCUT2D eigenvalue weighted by Crippen LogP contribution is 2.34. The number of aryl methyl sites for hydroxylation is 3. The molecule has 0 aliphatic carbocycles. The number of likely N-dealkylation sites (tertiary alicyclic amines) is 1. The largest absolute Gasteiger partial charge is 0.328 e. The van der Waals surface area contributed by atoms with Crippen LogP contribution in [0.4, 0.5) is 5.69 Å². The Bertz CT molecular complexity index is 1210. The predicted molar refractivity (Wildman–Crippen MR) is 135 cm³/mol. The molecule has 178 valence electrons.